The number of rotatable bonds is 5. The summed E-state index contributed by atoms with van der Waals surface area (Å²) >= 11 is 1.64. The van der Waals surface area contributed by atoms with Crippen LogP contribution in [0, 0.1) is 0 Å². The molecule has 1 N–H and O–H groups in total. The van der Waals surface area contributed by atoms with Crippen LogP contribution in [0.3, 0.4) is 0 Å². The van der Waals surface area contributed by atoms with Gasteiger partial charge in [0.2, 0.25) is 5.16 Å². The molecule has 1 aliphatic carbocycles. The molecule has 0 atom stereocenters. The van der Waals surface area contributed by atoms with E-state index in [1.807, 2.05) is 17.8 Å². The zero-order valence-corrected chi connectivity index (χ0v) is 11.0. The molecule has 0 radical (unpaired) electrons. The molecular weight excluding hydrogens is 246 g/mol. The second-order valence-electron chi connectivity index (χ2n) is 4.38. The monoisotopic (exact) mass is 261 g/mol. The van der Waals surface area contributed by atoms with Gasteiger partial charge in [-0.05, 0) is 53.7 Å². The van der Waals surface area contributed by atoms with E-state index >= 15 is 0 Å². The summed E-state index contributed by atoms with van der Waals surface area (Å²) in [6.45, 7) is 0.855. The molecule has 0 bridgehead atoms. The number of aromatic nitrogens is 4. The smallest absolute Gasteiger partial charge is 0.214 e. The first-order valence-corrected chi connectivity index (χ1v) is 6.88. The highest BCUT2D eigenvalue weighted by Crippen LogP contribution is 2.38. The average molecular weight is 261 g/mol. The molecule has 1 aromatic carbocycles. The Bertz CT molecular complexity index is 535. The van der Waals surface area contributed by atoms with Crippen molar-refractivity contribution in [2.24, 2.45) is 0 Å². The second kappa shape index (κ2) is 5.07. The Morgan fingerprint density at radius 2 is 2.22 bits per heavy atom. The van der Waals surface area contributed by atoms with Gasteiger partial charge >= 0.3 is 0 Å². The van der Waals surface area contributed by atoms with E-state index in [4.69, 9.17) is 0 Å². The van der Waals surface area contributed by atoms with Gasteiger partial charge in [0.15, 0.2) is 0 Å². The van der Waals surface area contributed by atoms with Gasteiger partial charge in [-0.1, -0.05) is 18.2 Å². The van der Waals surface area contributed by atoms with E-state index in [-0.39, 0.29) is 0 Å². The summed E-state index contributed by atoms with van der Waals surface area (Å²) in [5, 5.41) is 16.0. The van der Waals surface area contributed by atoms with Crippen molar-refractivity contribution in [3.63, 3.8) is 0 Å². The number of nitrogens with zero attached hydrogens (tertiary/aromatic N) is 4. The zero-order chi connectivity index (χ0) is 12.4. The SMILES string of the molecule is CNCc1ccccc1Sc1nnnn1C1CC1. The lowest BCUT2D eigenvalue weighted by Crippen LogP contribution is -2.06. The lowest BCUT2D eigenvalue weighted by Gasteiger charge is -2.08. The summed E-state index contributed by atoms with van der Waals surface area (Å²) in [7, 11) is 1.95. The molecule has 5 nitrogen and oxygen atoms in total. The summed E-state index contributed by atoms with van der Waals surface area (Å²) in [5.74, 6) is 0. The summed E-state index contributed by atoms with van der Waals surface area (Å²) < 4.78 is 1.95. The fourth-order valence-electron chi connectivity index (χ4n) is 1.84. The molecule has 1 aliphatic rings. The van der Waals surface area contributed by atoms with Crippen molar-refractivity contribution in [3.8, 4) is 0 Å². The van der Waals surface area contributed by atoms with Gasteiger partial charge in [0.25, 0.3) is 0 Å². The summed E-state index contributed by atoms with van der Waals surface area (Å²) in [5.41, 5.74) is 1.27. The maximum Gasteiger partial charge on any atom is 0.214 e. The van der Waals surface area contributed by atoms with E-state index in [1.54, 1.807) is 11.8 Å². The first-order valence-electron chi connectivity index (χ1n) is 6.06. The number of benzene rings is 1. The van der Waals surface area contributed by atoms with E-state index in [2.05, 4.69) is 39.0 Å². The van der Waals surface area contributed by atoms with Gasteiger partial charge in [-0.25, -0.2) is 4.68 Å². The fourth-order valence-corrected chi connectivity index (χ4v) is 2.81. The largest absolute Gasteiger partial charge is 0.316 e. The molecule has 1 heterocycles. The standard InChI is InChI=1S/C12H15N5S/c1-13-8-9-4-2-3-5-11(9)18-12-14-15-16-17(12)10-6-7-10/h2-5,10,13H,6-8H2,1H3. The van der Waals surface area contributed by atoms with Crippen LogP contribution in [0.1, 0.15) is 24.4 Å². The highest BCUT2D eigenvalue weighted by Gasteiger charge is 2.28. The lowest BCUT2D eigenvalue weighted by molar-refractivity contribution is 0.565. The van der Waals surface area contributed by atoms with Crippen LogP contribution in [-0.4, -0.2) is 27.3 Å². The van der Waals surface area contributed by atoms with E-state index in [0.29, 0.717) is 6.04 Å². The molecule has 1 aromatic heterocycles. The Hall–Kier alpha value is -1.40. The number of tetrazole rings is 1. The van der Waals surface area contributed by atoms with Gasteiger partial charge in [-0.15, -0.1) is 5.10 Å². The third-order valence-electron chi connectivity index (χ3n) is 2.90. The Morgan fingerprint density at radius 1 is 1.39 bits per heavy atom. The van der Waals surface area contributed by atoms with Gasteiger partial charge in [0.05, 0.1) is 6.04 Å². The van der Waals surface area contributed by atoms with Crippen LogP contribution < -0.4 is 5.32 Å². The Balaban J connectivity index is 1.85. The predicted octanol–water partition coefficient (Wildman–Crippen LogP) is 1.88. The van der Waals surface area contributed by atoms with Crippen LogP contribution in [0.25, 0.3) is 0 Å². The molecule has 1 saturated carbocycles. The molecule has 94 valence electrons. The van der Waals surface area contributed by atoms with Crippen LogP contribution in [0.5, 0.6) is 0 Å². The lowest BCUT2D eigenvalue weighted by atomic mass is 10.2. The molecule has 6 heteroatoms. The molecule has 0 unspecified atom stereocenters. The topological polar surface area (TPSA) is 55.6 Å². The van der Waals surface area contributed by atoms with Crippen molar-refractivity contribution in [3.05, 3.63) is 29.8 Å². The van der Waals surface area contributed by atoms with Crippen LogP contribution in [-0.2, 0) is 6.54 Å². The van der Waals surface area contributed by atoms with Crippen molar-refractivity contribution >= 4 is 11.8 Å². The molecule has 0 saturated heterocycles. The predicted molar refractivity (Wildman–Crippen MR) is 69.4 cm³/mol. The van der Waals surface area contributed by atoms with Gasteiger partial charge in [-0.3, -0.25) is 0 Å². The van der Waals surface area contributed by atoms with E-state index < -0.39 is 0 Å². The van der Waals surface area contributed by atoms with E-state index in [9.17, 15) is 0 Å². The molecule has 0 spiro atoms. The zero-order valence-electron chi connectivity index (χ0n) is 10.2. The van der Waals surface area contributed by atoms with E-state index in [1.165, 1.54) is 23.3 Å². The van der Waals surface area contributed by atoms with Crippen molar-refractivity contribution in [1.29, 1.82) is 0 Å². The highest BCUT2D eigenvalue weighted by molar-refractivity contribution is 7.99. The van der Waals surface area contributed by atoms with Crippen LogP contribution in [0.4, 0.5) is 0 Å². The molecule has 1 fully saturated rings. The number of hydrogen-bond donors (Lipinski definition) is 1. The van der Waals surface area contributed by atoms with E-state index in [0.717, 1.165) is 11.7 Å². The highest BCUT2D eigenvalue weighted by atomic mass is 32.2. The quantitative estimate of drug-likeness (QED) is 0.890. The third kappa shape index (κ3) is 2.39. The molecule has 0 aliphatic heterocycles. The van der Waals surface area contributed by atoms with Crippen molar-refractivity contribution < 1.29 is 0 Å². The molecule has 18 heavy (non-hydrogen) atoms. The molecule has 3 rings (SSSR count). The van der Waals surface area contributed by atoms with Crippen LogP contribution in [0.15, 0.2) is 34.3 Å². The fraction of sp³-hybridized carbons (Fsp3) is 0.417. The number of hydrogen-bond acceptors (Lipinski definition) is 5. The van der Waals surface area contributed by atoms with Crippen molar-refractivity contribution in [1.82, 2.24) is 25.5 Å². The third-order valence-corrected chi connectivity index (χ3v) is 3.97. The van der Waals surface area contributed by atoms with Gasteiger partial charge in [-0.2, -0.15) is 0 Å². The minimum Gasteiger partial charge on any atom is -0.316 e. The first-order chi connectivity index (χ1) is 8.88. The molecule has 0 amide bonds. The van der Waals surface area contributed by atoms with Gasteiger partial charge in [0.1, 0.15) is 0 Å². The molecular formula is C12H15N5S. The van der Waals surface area contributed by atoms with Gasteiger partial charge in [0, 0.05) is 11.4 Å². The normalized spacial score (nSPS) is 14.9. The van der Waals surface area contributed by atoms with Crippen molar-refractivity contribution in [2.75, 3.05) is 7.05 Å². The number of nitrogens with one attached hydrogen (secondary N) is 1. The van der Waals surface area contributed by atoms with Crippen LogP contribution in [0.2, 0.25) is 0 Å². The minimum atomic E-state index is 0.513. The average Bonchev–Trinajstić information content (AvgIpc) is 3.13. The maximum atomic E-state index is 4.12. The molecule has 2 aromatic rings. The maximum absolute atomic E-state index is 4.12. The first kappa shape index (κ1) is 11.7. The summed E-state index contributed by atoms with van der Waals surface area (Å²) in [6.07, 6.45) is 2.38. The minimum absolute atomic E-state index is 0.513. The Kier molecular flexibility index (Phi) is 3.29. The second-order valence-corrected chi connectivity index (χ2v) is 5.39. The van der Waals surface area contributed by atoms with Crippen LogP contribution >= 0.6 is 11.8 Å². The summed E-state index contributed by atoms with van der Waals surface area (Å²) in [6, 6.07) is 8.86. The summed E-state index contributed by atoms with van der Waals surface area (Å²) in [4.78, 5) is 1.21. The Morgan fingerprint density at radius 3 is 3.00 bits per heavy atom. The Labute approximate surface area is 110 Å². The van der Waals surface area contributed by atoms with Gasteiger partial charge < -0.3 is 5.32 Å². The van der Waals surface area contributed by atoms with Crippen molar-refractivity contribution in [2.45, 2.75) is 35.5 Å².